The quantitative estimate of drug-likeness (QED) is 0.667. The molecule has 2 heterocycles. The number of rotatable bonds is 8. The van der Waals surface area contributed by atoms with Crippen LogP contribution in [-0.4, -0.2) is 50.3 Å². The topological polar surface area (TPSA) is 85.8 Å². The van der Waals surface area contributed by atoms with E-state index in [4.69, 9.17) is 14.2 Å². The average Bonchev–Trinajstić information content (AvgIpc) is 2.81. The Bertz CT molecular complexity index is 869. The molecule has 0 atom stereocenters. The van der Waals surface area contributed by atoms with E-state index in [0.717, 1.165) is 43.1 Å². The molecule has 1 N–H and O–H groups in total. The van der Waals surface area contributed by atoms with Crippen LogP contribution in [0, 0.1) is 0 Å². The van der Waals surface area contributed by atoms with Gasteiger partial charge < -0.3 is 24.4 Å². The molecule has 0 aliphatic carbocycles. The molecule has 0 unspecified atom stereocenters. The summed E-state index contributed by atoms with van der Waals surface area (Å²) in [5, 5.41) is 2.86. The molecule has 1 amide bonds. The van der Waals surface area contributed by atoms with Crippen LogP contribution in [0.5, 0.6) is 17.2 Å². The lowest BCUT2D eigenvalue weighted by Gasteiger charge is -2.26. The molecule has 8 nitrogen and oxygen atoms in total. The van der Waals surface area contributed by atoms with Gasteiger partial charge in [-0.05, 0) is 49.1 Å². The lowest BCUT2D eigenvalue weighted by atomic mass is 10.1. The van der Waals surface area contributed by atoms with E-state index in [1.165, 1.54) is 12.5 Å². The van der Waals surface area contributed by atoms with E-state index in [-0.39, 0.29) is 5.91 Å². The normalized spacial score (nSPS) is 13.9. The van der Waals surface area contributed by atoms with Gasteiger partial charge in [0.25, 0.3) is 0 Å². The van der Waals surface area contributed by atoms with Crippen LogP contribution in [0.3, 0.4) is 0 Å². The Kier molecular flexibility index (Phi) is 7.48. The Hall–Kier alpha value is -3.29. The fourth-order valence-electron chi connectivity index (χ4n) is 3.34. The molecule has 2 aromatic rings. The van der Waals surface area contributed by atoms with Crippen molar-refractivity contribution in [2.75, 3.05) is 39.3 Å². The second-order valence-corrected chi connectivity index (χ2v) is 6.91. The van der Waals surface area contributed by atoms with Crippen molar-refractivity contribution in [2.24, 2.45) is 0 Å². The second kappa shape index (κ2) is 10.5. The van der Waals surface area contributed by atoms with E-state index in [1.807, 2.05) is 6.07 Å². The molecule has 3 rings (SSSR count). The Morgan fingerprint density at radius 2 is 1.80 bits per heavy atom. The number of benzene rings is 1. The molecule has 1 fully saturated rings. The molecule has 1 aliphatic heterocycles. The van der Waals surface area contributed by atoms with E-state index in [1.54, 1.807) is 45.7 Å². The summed E-state index contributed by atoms with van der Waals surface area (Å²) in [6, 6.07) is 5.37. The van der Waals surface area contributed by atoms with E-state index in [0.29, 0.717) is 23.8 Å². The molecule has 1 aromatic heterocycles. The summed E-state index contributed by atoms with van der Waals surface area (Å²) in [5.41, 5.74) is 1.54. The lowest BCUT2D eigenvalue weighted by Crippen LogP contribution is -2.31. The van der Waals surface area contributed by atoms with Gasteiger partial charge in [-0.15, -0.1) is 0 Å². The molecule has 1 saturated heterocycles. The number of aromatic nitrogens is 2. The van der Waals surface area contributed by atoms with Crippen LogP contribution in [0.25, 0.3) is 6.08 Å². The number of hydrogen-bond donors (Lipinski definition) is 1. The molecule has 0 spiro atoms. The van der Waals surface area contributed by atoms with Crippen molar-refractivity contribution in [3.63, 3.8) is 0 Å². The Labute approximate surface area is 176 Å². The molecular weight excluding hydrogens is 384 g/mol. The molecule has 30 heavy (non-hydrogen) atoms. The number of carbonyl (C=O) groups excluding carboxylic acids is 1. The first kappa shape index (κ1) is 21.4. The number of nitrogens with zero attached hydrogens (tertiary/aromatic N) is 3. The molecule has 8 heteroatoms. The SMILES string of the molecule is COc1cc(/C=C/C(=O)NCc2ccnc(N3CCCCC3)n2)cc(OC)c1OC. The minimum Gasteiger partial charge on any atom is -0.493 e. The minimum atomic E-state index is -0.220. The molecule has 0 radical (unpaired) electrons. The van der Waals surface area contributed by atoms with Crippen molar-refractivity contribution in [1.82, 2.24) is 15.3 Å². The first-order valence-electron chi connectivity index (χ1n) is 9.97. The van der Waals surface area contributed by atoms with Gasteiger partial charge in [0.1, 0.15) is 0 Å². The van der Waals surface area contributed by atoms with Crippen LogP contribution in [0.15, 0.2) is 30.5 Å². The van der Waals surface area contributed by atoms with Gasteiger partial charge in [0.2, 0.25) is 17.6 Å². The number of anilines is 1. The summed E-state index contributed by atoms with van der Waals surface area (Å²) in [6.45, 7) is 2.29. The standard InChI is InChI=1S/C22H28N4O4/c1-28-18-13-16(14-19(29-2)21(18)30-3)7-8-20(27)24-15-17-9-10-23-22(25-17)26-11-5-4-6-12-26/h7-10,13-14H,4-6,11-12,15H2,1-3H3,(H,24,27)/b8-7+. The number of nitrogens with one attached hydrogen (secondary N) is 1. The summed E-state index contributed by atoms with van der Waals surface area (Å²) in [6.07, 6.45) is 8.48. The predicted molar refractivity (Wildman–Crippen MR) is 115 cm³/mol. The van der Waals surface area contributed by atoms with Gasteiger partial charge in [-0.1, -0.05) is 0 Å². The highest BCUT2D eigenvalue weighted by Gasteiger charge is 2.14. The third kappa shape index (κ3) is 5.40. The van der Waals surface area contributed by atoms with Crippen molar-refractivity contribution in [3.8, 4) is 17.2 Å². The Morgan fingerprint density at radius 3 is 2.43 bits per heavy atom. The highest BCUT2D eigenvalue weighted by Crippen LogP contribution is 2.38. The van der Waals surface area contributed by atoms with Gasteiger partial charge in [-0.3, -0.25) is 4.79 Å². The molecular formula is C22H28N4O4. The zero-order chi connectivity index (χ0) is 21.3. The van der Waals surface area contributed by atoms with Gasteiger partial charge >= 0.3 is 0 Å². The van der Waals surface area contributed by atoms with Crippen LogP contribution in [-0.2, 0) is 11.3 Å². The fourth-order valence-corrected chi connectivity index (χ4v) is 3.34. The zero-order valence-electron chi connectivity index (χ0n) is 17.7. The van der Waals surface area contributed by atoms with Gasteiger partial charge in [0, 0.05) is 25.4 Å². The lowest BCUT2D eigenvalue weighted by molar-refractivity contribution is -0.116. The Balaban J connectivity index is 1.61. The summed E-state index contributed by atoms with van der Waals surface area (Å²) >= 11 is 0. The Morgan fingerprint density at radius 1 is 1.10 bits per heavy atom. The highest BCUT2D eigenvalue weighted by atomic mass is 16.5. The van der Waals surface area contributed by atoms with Crippen LogP contribution in [0.1, 0.15) is 30.5 Å². The van der Waals surface area contributed by atoms with Gasteiger partial charge in [-0.25, -0.2) is 9.97 Å². The third-order valence-electron chi connectivity index (χ3n) is 4.90. The monoisotopic (exact) mass is 412 g/mol. The smallest absolute Gasteiger partial charge is 0.244 e. The second-order valence-electron chi connectivity index (χ2n) is 6.91. The summed E-state index contributed by atoms with van der Waals surface area (Å²) in [7, 11) is 4.65. The van der Waals surface area contributed by atoms with E-state index in [2.05, 4.69) is 20.2 Å². The van der Waals surface area contributed by atoms with Crippen LogP contribution >= 0.6 is 0 Å². The predicted octanol–water partition coefficient (Wildman–Crippen LogP) is 2.82. The zero-order valence-corrected chi connectivity index (χ0v) is 17.7. The van der Waals surface area contributed by atoms with E-state index < -0.39 is 0 Å². The average molecular weight is 412 g/mol. The van der Waals surface area contributed by atoms with Crippen molar-refractivity contribution in [1.29, 1.82) is 0 Å². The minimum absolute atomic E-state index is 0.220. The van der Waals surface area contributed by atoms with Crippen LogP contribution < -0.4 is 24.4 Å². The van der Waals surface area contributed by atoms with Crippen molar-refractivity contribution < 1.29 is 19.0 Å². The molecule has 1 aromatic carbocycles. The fraction of sp³-hybridized carbons (Fsp3) is 0.409. The first-order valence-corrected chi connectivity index (χ1v) is 9.97. The van der Waals surface area contributed by atoms with Gasteiger partial charge in [0.15, 0.2) is 11.5 Å². The first-order chi connectivity index (χ1) is 14.6. The van der Waals surface area contributed by atoms with E-state index >= 15 is 0 Å². The number of piperidine rings is 1. The van der Waals surface area contributed by atoms with Crippen molar-refractivity contribution in [2.45, 2.75) is 25.8 Å². The number of carbonyl (C=O) groups is 1. The number of hydrogen-bond acceptors (Lipinski definition) is 7. The van der Waals surface area contributed by atoms with Crippen molar-refractivity contribution >= 4 is 17.9 Å². The number of methoxy groups -OCH3 is 3. The van der Waals surface area contributed by atoms with Gasteiger partial charge in [0.05, 0.1) is 33.6 Å². The molecule has 0 saturated carbocycles. The summed E-state index contributed by atoms with van der Waals surface area (Å²) in [5.74, 6) is 2.08. The third-order valence-corrected chi connectivity index (χ3v) is 4.90. The van der Waals surface area contributed by atoms with Crippen LogP contribution in [0.4, 0.5) is 5.95 Å². The largest absolute Gasteiger partial charge is 0.493 e. The highest BCUT2D eigenvalue weighted by molar-refractivity contribution is 5.91. The summed E-state index contributed by atoms with van der Waals surface area (Å²) < 4.78 is 16.0. The molecule has 0 bridgehead atoms. The molecule has 1 aliphatic rings. The summed E-state index contributed by atoms with van der Waals surface area (Å²) in [4.78, 5) is 23.4. The molecule has 160 valence electrons. The van der Waals surface area contributed by atoms with Crippen molar-refractivity contribution in [3.05, 3.63) is 41.7 Å². The number of ether oxygens (including phenoxy) is 3. The maximum atomic E-state index is 12.3. The van der Waals surface area contributed by atoms with E-state index in [9.17, 15) is 4.79 Å². The van der Waals surface area contributed by atoms with Gasteiger partial charge in [-0.2, -0.15) is 0 Å². The maximum Gasteiger partial charge on any atom is 0.244 e. The van der Waals surface area contributed by atoms with Crippen LogP contribution in [0.2, 0.25) is 0 Å². The number of amides is 1. The maximum absolute atomic E-state index is 12.3.